The summed E-state index contributed by atoms with van der Waals surface area (Å²) < 4.78 is 16.8. The molecule has 0 heterocycles. The highest BCUT2D eigenvalue weighted by Crippen LogP contribution is 2.18. The molecule has 356 valence electrons. The number of hydrogen-bond acceptors (Lipinski definition) is 6. The highest BCUT2D eigenvalue weighted by molar-refractivity contribution is 5.71. The Kier molecular flexibility index (Phi) is 44.2. The van der Waals surface area contributed by atoms with Crippen molar-refractivity contribution in [2.75, 3.05) is 13.2 Å². The zero-order valence-corrected chi connectivity index (χ0v) is 41.3. The normalized spacial score (nSPS) is 12.2. The van der Waals surface area contributed by atoms with Crippen LogP contribution in [0.2, 0.25) is 0 Å². The van der Waals surface area contributed by atoms with E-state index in [4.69, 9.17) is 14.2 Å². The van der Waals surface area contributed by atoms with Gasteiger partial charge in [0, 0.05) is 19.3 Å². The number of esters is 3. The summed E-state index contributed by atoms with van der Waals surface area (Å²) in [7, 11) is 0. The Labute approximate surface area is 374 Å². The molecule has 0 aliphatic heterocycles. The second-order valence-electron chi connectivity index (χ2n) is 19.9. The molecule has 0 spiro atoms. The molecule has 0 aliphatic rings. The number of unbranched alkanes of at least 4 members (excludes halogenated alkanes) is 30. The van der Waals surface area contributed by atoms with Gasteiger partial charge >= 0.3 is 17.9 Å². The molecule has 0 rings (SSSR count). The largest absolute Gasteiger partial charge is 0.462 e. The minimum Gasteiger partial charge on any atom is -0.462 e. The third-order valence-corrected chi connectivity index (χ3v) is 12.1. The number of carbonyl (C=O) groups is 3. The van der Waals surface area contributed by atoms with Gasteiger partial charge in [-0.3, -0.25) is 14.4 Å². The first-order valence-corrected chi connectivity index (χ1v) is 26.6. The van der Waals surface area contributed by atoms with E-state index in [0.717, 1.165) is 75.5 Å². The molecular weight excluding hydrogens is 745 g/mol. The van der Waals surface area contributed by atoms with Gasteiger partial charge in [-0.15, -0.1) is 0 Å². The molecule has 0 saturated heterocycles. The van der Waals surface area contributed by atoms with Crippen LogP contribution < -0.4 is 0 Å². The number of ether oxygens (including phenoxy) is 3. The lowest BCUT2D eigenvalue weighted by molar-refractivity contribution is -0.167. The molecule has 0 radical (unpaired) electrons. The lowest BCUT2D eigenvalue weighted by atomic mass is 10.0. The summed E-state index contributed by atoms with van der Waals surface area (Å²) in [6.07, 6.45) is 45.3. The van der Waals surface area contributed by atoms with Gasteiger partial charge in [0.25, 0.3) is 0 Å². The quantitative estimate of drug-likeness (QED) is 0.0345. The second kappa shape index (κ2) is 45.4. The van der Waals surface area contributed by atoms with Crippen LogP contribution in [0.1, 0.15) is 292 Å². The van der Waals surface area contributed by atoms with Crippen LogP contribution in [-0.2, 0) is 28.6 Å². The average Bonchev–Trinajstić information content (AvgIpc) is 3.20. The molecule has 0 aromatic rings. The van der Waals surface area contributed by atoms with Gasteiger partial charge in [0.2, 0.25) is 0 Å². The van der Waals surface area contributed by atoms with Gasteiger partial charge in [0.05, 0.1) is 0 Å². The minimum absolute atomic E-state index is 0.0650. The van der Waals surface area contributed by atoms with Gasteiger partial charge in [-0.05, 0) is 37.0 Å². The van der Waals surface area contributed by atoms with Gasteiger partial charge in [-0.1, -0.05) is 253 Å². The molecule has 0 aromatic carbocycles. The van der Waals surface area contributed by atoms with Gasteiger partial charge in [-0.2, -0.15) is 0 Å². The summed E-state index contributed by atoms with van der Waals surface area (Å²) in [5.74, 6) is 1.59. The van der Waals surface area contributed by atoms with Crippen LogP contribution in [0.15, 0.2) is 0 Å². The summed E-state index contributed by atoms with van der Waals surface area (Å²) in [6, 6.07) is 0. The van der Waals surface area contributed by atoms with Crippen LogP contribution in [-0.4, -0.2) is 37.2 Å². The average molecular weight is 849 g/mol. The highest BCUT2D eigenvalue weighted by atomic mass is 16.6. The molecule has 0 bridgehead atoms. The third-order valence-electron chi connectivity index (χ3n) is 12.1. The van der Waals surface area contributed by atoms with E-state index in [1.54, 1.807) is 0 Å². The fraction of sp³-hybridized carbons (Fsp3) is 0.944. The summed E-state index contributed by atoms with van der Waals surface area (Å²) in [4.78, 5) is 37.9. The molecule has 0 unspecified atom stereocenters. The summed E-state index contributed by atoms with van der Waals surface area (Å²) >= 11 is 0. The van der Waals surface area contributed by atoms with Crippen LogP contribution in [0.4, 0.5) is 0 Å². The number of hydrogen-bond donors (Lipinski definition) is 0. The maximum atomic E-state index is 12.8. The first-order chi connectivity index (χ1) is 29.1. The van der Waals surface area contributed by atoms with E-state index in [-0.39, 0.29) is 31.1 Å². The maximum absolute atomic E-state index is 12.8. The monoisotopic (exact) mass is 849 g/mol. The molecule has 1 atom stereocenters. The Morgan fingerprint density at radius 2 is 0.483 bits per heavy atom. The fourth-order valence-electron chi connectivity index (χ4n) is 8.12. The van der Waals surface area contributed by atoms with E-state index in [2.05, 4.69) is 41.5 Å². The van der Waals surface area contributed by atoms with Crippen molar-refractivity contribution in [1.82, 2.24) is 0 Å². The third kappa shape index (κ3) is 47.5. The summed E-state index contributed by atoms with van der Waals surface area (Å²) in [6.45, 7) is 13.7. The van der Waals surface area contributed by atoms with Crippen molar-refractivity contribution in [2.45, 2.75) is 298 Å². The predicted octanol–water partition coefficient (Wildman–Crippen LogP) is 17.2. The Morgan fingerprint density at radius 3 is 0.717 bits per heavy atom. The van der Waals surface area contributed by atoms with Crippen molar-refractivity contribution in [3.63, 3.8) is 0 Å². The molecule has 0 N–H and O–H groups in total. The molecular formula is C54H104O6. The molecule has 0 amide bonds. The number of carbonyl (C=O) groups excluding carboxylic acids is 3. The lowest BCUT2D eigenvalue weighted by Crippen LogP contribution is -2.30. The van der Waals surface area contributed by atoms with Crippen LogP contribution in [0.5, 0.6) is 0 Å². The van der Waals surface area contributed by atoms with E-state index in [0.29, 0.717) is 19.3 Å². The van der Waals surface area contributed by atoms with Crippen LogP contribution >= 0.6 is 0 Å². The Bertz CT molecular complexity index is 929. The van der Waals surface area contributed by atoms with Gasteiger partial charge in [0.15, 0.2) is 6.10 Å². The Morgan fingerprint density at radius 1 is 0.283 bits per heavy atom. The van der Waals surface area contributed by atoms with Crippen LogP contribution in [0.25, 0.3) is 0 Å². The minimum atomic E-state index is -0.763. The van der Waals surface area contributed by atoms with Crippen LogP contribution in [0.3, 0.4) is 0 Å². The first-order valence-electron chi connectivity index (χ1n) is 26.6. The van der Waals surface area contributed by atoms with Crippen molar-refractivity contribution in [3.8, 4) is 0 Å². The lowest BCUT2D eigenvalue weighted by Gasteiger charge is -2.18. The smallest absolute Gasteiger partial charge is 0.306 e. The maximum Gasteiger partial charge on any atom is 0.306 e. The van der Waals surface area contributed by atoms with Crippen molar-refractivity contribution in [2.24, 2.45) is 17.8 Å². The zero-order valence-electron chi connectivity index (χ0n) is 41.3. The zero-order chi connectivity index (χ0) is 44.2. The van der Waals surface area contributed by atoms with Crippen LogP contribution in [0, 0.1) is 17.8 Å². The molecule has 0 aromatic heterocycles. The number of rotatable bonds is 47. The molecule has 6 nitrogen and oxygen atoms in total. The molecule has 0 fully saturated rings. The summed E-state index contributed by atoms with van der Waals surface area (Å²) in [5, 5.41) is 0. The first kappa shape index (κ1) is 58.4. The van der Waals surface area contributed by atoms with E-state index in [1.807, 2.05) is 0 Å². The van der Waals surface area contributed by atoms with E-state index >= 15 is 0 Å². The predicted molar refractivity (Wildman–Crippen MR) is 256 cm³/mol. The fourth-order valence-corrected chi connectivity index (χ4v) is 8.12. The van der Waals surface area contributed by atoms with Crippen molar-refractivity contribution >= 4 is 17.9 Å². The molecule has 0 aliphatic carbocycles. The molecule has 0 saturated carbocycles. The van der Waals surface area contributed by atoms with Crippen molar-refractivity contribution < 1.29 is 28.6 Å². The SMILES string of the molecule is CC(C)CCCCCCCCCCCCCCCCC(=O)O[C@H](COC(=O)CCCCCCCCCCCCCCCC(C)C)COC(=O)CCCCCCCCC(C)C. The molecule has 60 heavy (non-hydrogen) atoms. The van der Waals surface area contributed by atoms with Gasteiger partial charge in [0.1, 0.15) is 13.2 Å². The van der Waals surface area contributed by atoms with Crippen molar-refractivity contribution in [3.05, 3.63) is 0 Å². The van der Waals surface area contributed by atoms with E-state index in [9.17, 15) is 14.4 Å². The van der Waals surface area contributed by atoms with E-state index < -0.39 is 6.10 Å². The molecule has 6 heteroatoms. The Balaban J connectivity index is 4.26. The standard InChI is InChI=1S/C54H104O6/c1-48(2)40-34-28-22-18-14-10-7-8-12-17-21-25-33-39-45-54(57)60-51(47-59-53(56)44-38-32-27-26-30-36-42-50(5)6)46-58-52(55)43-37-31-24-20-16-13-9-11-15-19-23-29-35-41-49(3)4/h48-51H,7-47H2,1-6H3/t51-/m1/s1. The topological polar surface area (TPSA) is 78.9 Å². The highest BCUT2D eigenvalue weighted by Gasteiger charge is 2.19. The summed E-state index contributed by atoms with van der Waals surface area (Å²) in [5.41, 5.74) is 0. The van der Waals surface area contributed by atoms with E-state index in [1.165, 1.54) is 173 Å². The second-order valence-corrected chi connectivity index (χ2v) is 19.9. The Hall–Kier alpha value is -1.59. The van der Waals surface area contributed by atoms with Crippen molar-refractivity contribution in [1.29, 1.82) is 0 Å². The van der Waals surface area contributed by atoms with Gasteiger partial charge in [-0.25, -0.2) is 0 Å². The van der Waals surface area contributed by atoms with Gasteiger partial charge < -0.3 is 14.2 Å².